The molecule has 2 aromatic heterocycles. The summed E-state index contributed by atoms with van der Waals surface area (Å²) >= 11 is 0. The number of ether oxygens (including phenoxy) is 2. The number of carbonyl (C=O) groups is 2. The molecular formula is C32H43N7O5. The molecule has 1 aliphatic rings. The van der Waals surface area contributed by atoms with Gasteiger partial charge in [-0.3, -0.25) is 5.32 Å². The standard InChI is InChI=1S/C32H43N7O5/c1-30(2,3)22-11-10-12-23(17-22)34-24-14-13-20(18-33-24)25-35-26(44-38-25)21-15-16-39(19-21)27(36-28(40)42-31(4,5)6)37-29(41)43-32(7,8)9/h10-14,17-18,21H,15-16,19H2,1-9H3,(H,33,34)(H,36,37,40,41). The predicted molar refractivity (Wildman–Crippen MR) is 168 cm³/mol. The zero-order chi connectivity index (χ0) is 32.3. The molecule has 0 aliphatic carbocycles. The molecule has 12 nitrogen and oxygen atoms in total. The molecule has 0 saturated carbocycles. The van der Waals surface area contributed by atoms with Crippen LogP contribution in [0.3, 0.4) is 0 Å². The Labute approximate surface area is 258 Å². The van der Waals surface area contributed by atoms with Gasteiger partial charge in [0.2, 0.25) is 17.7 Å². The van der Waals surface area contributed by atoms with E-state index in [1.807, 2.05) is 24.3 Å². The van der Waals surface area contributed by atoms with Crippen molar-refractivity contribution in [2.75, 3.05) is 18.4 Å². The van der Waals surface area contributed by atoms with Crippen molar-refractivity contribution in [3.8, 4) is 11.4 Å². The molecule has 236 valence electrons. The summed E-state index contributed by atoms with van der Waals surface area (Å²) in [5, 5.41) is 10.1. The molecule has 3 aromatic rings. The maximum atomic E-state index is 12.5. The molecule has 0 bridgehead atoms. The molecule has 1 unspecified atom stereocenters. The summed E-state index contributed by atoms with van der Waals surface area (Å²) < 4.78 is 16.3. The minimum Gasteiger partial charge on any atom is -0.444 e. The number of likely N-dealkylation sites (tertiary alicyclic amines) is 1. The van der Waals surface area contributed by atoms with Crippen LogP contribution >= 0.6 is 0 Å². The maximum Gasteiger partial charge on any atom is 0.437 e. The molecule has 0 spiro atoms. The normalized spacial score (nSPS) is 16.1. The molecule has 0 radical (unpaired) electrons. The van der Waals surface area contributed by atoms with Crippen LogP contribution in [0.4, 0.5) is 21.1 Å². The van der Waals surface area contributed by atoms with Gasteiger partial charge in [0, 0.05) is 30.5 Å². The molecule has 1 aromatic carbocycles. The quantitative estimate of drug-likeness (QED) is 0.241. The topological polar surface area (TPSA) is 144 Å². The van der Waals surface area contributed by atoms with Gasteiger partial charge in [-0.1, -0.05) is 38.1 Å². The number of carbonyl (C=O) groups excluding carboxylic acids is 2. The number of hydrogen-bond donors (Lipinski definition) is 2. The monoisotopic (exact) mass is 605 g/mol. The summed E-state index contributed by atoms with van der Waals surface area (Å²) in [4.78, 5) is 40.0. The van der Waals surface area contributed by atoms with Crippen LogP contribution in [-0.4, -0.2) is 62.5 Å². The van der Waals surface area contributed by atoms with E-state index in [1.54, 1.807) is 52.6 Å². The van der Waals surface area contributed by atoms with E-state index in [0.717, 1.165) is 5.69 Å². The van der Waals surface area contributed by atoms with E-state index >= 15 is 0 Å². The number of aromatic nitrogens is 3. The number of aliphatic imine (C=N–C) groups is 1. The molecule has 1 atom stereocenters. The third kappa shape index (κ3) is 9.26. The lowest BCUT2D eigenvalue weighted by molar-refractivity contribution is 0.0555. The number of pyridine rings is 1. The summed E-state index contributed by atoms with van der Waals surface area (Å²) in [6.45, 7) is 17.9. The smallest absolute Gasteiger partial charge is 0.437 e. The number of anilines is 2. The lowest BCUT2D eigenvalue weighted by Gasteiger charge is -2.24. The molecule has 1 aliphatic heterocycles. The Balaban J connectivity index is 1.44. The third-order valence-electron chi connectivity index (χ3n) is 6.50. The fourth-order valence-electron chi connectivity index (χ4n) is 4.43. The van der Waals surface area contributed by atoms with Gasteiger partial charge < -0.3 is 24.2 Å². The van der Waals surface area contributed by atoms with Crippen LogP contribution in [0.15, 0.2) is 52.1 Å². The van der Waals surface area contributed by atoms with Crippen LogP contribution in [0.2, 0.25) is 0 Å². The predicted octanol–water partition coefficient (Wildman–Crippen LogP) is 6.78. The third-order valence-corrected chi connectivity index (χ3v) is 6.50. The van der Waals surface area contributed by atoms with Crippen molar-refractivity contribution in [3.63, 3.8) is 0 Å². The van der Waals surface area contributed by atoms with Crippen LogP contribution in [-0.2, 0) is 14.9 Å². The zero-order valence-electron chi connectivity index (χ0n) is 27.0. The number of benzene rings is 1. The van der Waals surface area contributed by atoms with Gasteiger partial charge in [0.15, 0.2) is 0 Å². The minimum absolute atomic E-state index is 0.0380. The van der Waals surface area contributed by atoms with Gasteiger partial charge in [0.05, 0.1) is 5.92 Å². The van der Waals surface area contributed by atoms with Gasteiger partial charge >= 0.3 is 12.2 Å². The summed E-state index contributed by atoms with van der Waals surface area (Å²) in [6.07, 6.45) is 0.789. The van der Waals surface area contributed by atoms with E-state index in [-0.39, 0.29) is 17.3 Å². The van der Waals surface area contributed by atoms with Crippen LogP contribution < -0.4 is 10.6 Å². The molecule has 1 saturated heterocycles. The first-order valence-corrected chi connectivity index (χ1v) is 14.7. The van der Waals surface area contributed by atoms with Crippen molar-refractivity contribution in [2.45, 2.75) is 91.3 Å². The number of guanidine groups is 1. The second kappa shape index (κ2) is 12.6. The summed E-state index contributed by atoms with van der Waals surface area (Å²) in [5.41, 5.74) is 1.47. The van der Waals surface area contributed by atoms with Gasteiger partial charge in [-0.15, -0.1) is 4.99 Å². The highest BCUT2D eigenvalue weighted by Crippen LogP contribution is 2.29. The first kappa shape index (κ1) is 32.4. The van der Waals surface area contributed by atoms with Gasteiger partial charge in [-0.05, 0) is 83.2 Å². The largest absolute Gasteiger partial charge is 0.444 e. The van der Waals surface area contributed by atoms with Crippen molar-refractivity contribution in [1.82, 2.24) is 25.3 Å². The van der Waals surface area contributed by atoms with Crippen LogP contribution in [0.1, 0.15) is 86.1 Å². The average Bonchev–Trinajstić information content (AvgIpc) is 3.57. The molecule has 12 heteroatoms. The Hall–Kier alpha value is -4.48. The van der Waals surface area contributed by atoms with Gasteiger partial charge in [0.1, 0.15) is 17.0 Å². The van der Waals surface area contributed by atoms with E-state index in [9.17, 15) is 9.59 Å². The lowest BCUT2D eigenvalue weighted by Crippen LogP contribution is -2.45. The van der Waals surface area contributed by atoms with E-state index in [0.29, 0.717) is 42.6 Å². The van der Waals surface area contributed by atoms with Crippen LogP contribution in [0, 0.1) is 0 Å². The lowest BCUT2D eigenvalue weighted by atomic mass is 9.87. The van der Waals surface area contributed by atoms with Crippen molar-refractivity contribution in [1.29, 1.82) is 0 Å². The minimum atomic E-state index is -0.820. The van der Waals surface area contributed by atoms with Crippen LogP contribution in [0.5, 0.6) is 0 Å². The van der Waals surface area contributed by atoms with Crippen molar-refractivity contribution in [3.05, 3.63) is 54.0 Å². The summed E-state index contributed by atoms with van der Waals surface area (Å²) in [6, 6.07) is 12.0. The number of rotatable bonds is 4. The number of nitrogens with one attached hydrogen (secondary N) is 2. The second-order valence-electron chi connectivity index (χ2n) is 13.8. The van der Waals surface area contributed by atoms with Crippen molar-refractivity contribution < 1.29 is 23.6 Å². The SMILES string of the molecule is CC(C)(C)OC(=O)/N=C(/NC(=O)OC(C)(C)C)N1CCC(c2nc(-c3ccc(Nc4cccc(C(C)(C)C)c4)nc3)no2)C1. The van der Waals surface area contributed by atoms with E-state index in [2.05, 4.69) is 63.7 Å². The van der Waals surface area contributed by atoms with Gasteiger partial charge in [0.25, 0.3) is 0 Å². The second-order valence-corrected chi connectivity index (χ2v) is 13.8. The molecular weight excluding hydrogens is 562 g/mol. The molecule has 3 heterocycles. The molecule has 2 N–H and O–H groups in total. The van der Waals surface area contributed by atoms with E-state index in [1.165, 1.54) is 5.56 Å². The fraction of sp³-hybridized carbons (Fsp3) is 0.500. The highest BCUT2D eigenvalue weighted by Gasteiger charge is 2.33. The molecule has 44 heavy (non-hydrogen) atoms. The highest BCUT2D eigenvalue weighted by atomic mass is 16.6. The Morgan fingerprint density at radius 3 is 2.36 bits per heavy atom. The maximum absolute atomic E-state index is 12.5. The molecule has 1 fully saturated rings. The number of amides is 2. The number of alkyl carbamates (subject to hydrolysis) is 1. The van der Waals surface area contributed by atoms with E-state index < -0.39 is 23.4 Å². The Kier molecular flexibility index (Phi) is 9.31. The first-order valence-electron chi connectivity index (χ1n) is 14.7. The highest BCUT2D eigenvalue weighted by molar-refractivity contribution is 5.99. The number of nitrogens with zero attached hydrogens (tertiary/aromatic N) is 5. The van der Waals surface area contributed by atoms with Gasteiger partial charge in [-0.2, -0.15) is 4.98 Å². The summed E-state index contributed by atoms with van der Waals surface area (Å²) in [7, 11) is 0. The average molecular weight is 606 g/mol. The molecule has 4 rings (SSSR count). The van der Waals surface area contributed by atoms with Gasteiger partial charge in [-0.25, -0.2) is 14.6 Å². The summed E-state index contributed by atoms with van der Waals surface area (Å²) in [5.74, 6) is 1.45. The molecule has 2 amide bonds. The Bertz CT molecular complexity index is 1490. The zero-order valence-corrected chi connectivity index (χ0v) is 27.0. The Morgan fingerprint density at radius 1 is 1.00 bits per heavy atom. The fourth-order valence-corrected chi connectivity index (χ4v) is 4.43. The van der Waals surface area contributed by atoms with Crippen molar-refractivity contribution >= 4 is 29.7 Å². The van der Waals surface area contributed by atoms with Crippen LogP contribution in [0.25, 0.3) is 11.4 Å². The Morgan fingerprint density at radius 2 is 1.73 bits per heavy atom. The number of hydrogen-bond acceptors (Lipinski definition) is 9. The van der Waals surface area contributed by atoms with E-state index in [4.69, 9.17) is 14.0 Å². The first-order chi connectivity index (χ1) is 20.4. The van der Waals surface area contributed by atoms with Crippen molar-refractivity contribution in [2.24, 2.45) is 4.99 Å².